The van der Waals surface area contributed by atoms with Gasteiger partial charge in [0.1, 0.15) is 11.6 Å². The second kappa shape index (κ2) is 5.76. The van der Waals surface area contributed by atoms with Crippen molar-refractivity contribution in [1.29, 1.82) is 0 Å². The van der Waals surface area contributed by atoms with Crippen LogP contribution in [0.4, 0.5) is 14.5 Å². The zero-order chi connectivity index (χ0) is 16.6. The third-order valence-electron chi connectivity index (χ3n) is 3.59. The van der Waals surface area contributed by atoms with Crippen molar-refractivity contribution >= 4 is 22.5 Å². The molecule has 2 aromatic carbocycles. The molecule has 0 aliphatic heterocycles. The number of aryl methyl sites for hydroxylation is 2. The number of amides is 1. The normalized spacial score (nSPS) is 10.8. The molecule has 0 atom stereocenters. The Morgan fingerprint density at radius 1 is 1.00 bits per heavy atom. The van der Waals surface area contributed by atoms with Gasteiger partial charge >= 0.3 is 0 Å². The second-order valence-electron chi connectivity index (χ2n) is 5.39. The van der Waals surface area contributed by atoms with Gasteiger partial charge in [-0.25, -0.2) is 8.78 Å². The number of pyridine rings is 1. The Morgan fingerprint density at radius 2 is 1.70 bits per heavy atom. The van der Waals surface area contributed by atoms with Crippen molar-refractivity contribution in [3.8, 4) is 0 Å². The van der Waals surface area contributed by atoms with Gasteiger partial charge in [0.15, 0.2) is 0 Å². The number of carbonyl (C=O) groups is 1. The molecule has 116 valence electrons. The van der Waals surface area contributed by atoms with Gasteiger partial charge in [-0.2, -0.15) is 0 Å². The van der Waals surface area contributed by atoms with Crippen LogP contribution in [0.15, 0.2) is 42.5 Å². The fourth-order valence-electron chi connectivity index (χ4n) is 2.44. The summed E-state index contributed by atoms with van der Waals surface area (Å²) in [6.07, 6.45) is 0. The molecule has 0 fully saturated rings. The van der Waals surface area contributed by atoms with Crippen LogP contribution in [0, 0.1) is 25.5 Å². The minimum atomic E-state index is -0.427. The molecular weight excluding hydrogens is 298 g/mol. The summed E-state index contributed by atoms with van der Waals surface area (Å²) in [5.41, 5.74) is 2.53. The van der Waals surface area contributed by atoms with E-state index in [1.165, 1.54) is 30.3 Å². The van der Waals surface area contributed by atoms with Crippen molar-refractivity contribution in [3.05, 3.63) is 70.9 Å². The molecule has 0 unspecified atom stereocenters. The SMILES string of the molecule is Cc1cc(C(=O)Nc2cc(F)ccc2C)c2ccc(F)cc2n1. The van der Waals surface area contributed by atoms with E-state index in [-0.39, 0.29) is 5.91 Å². The quantitative estimate of drug-likeness (QED) is 0.763. The minimum absolute atomic E-state index is 0.371. The smallest absolute Gasteiger partial charge is 0.256 e. The molecule has 0 spiro atoms. The number of hydrogen-bond acceptors (Lipinski definition) is 2. The molecule has 0 bridgehead atoms. The topological polar surface area (TPSA) is 42.0 Å². The van der Waals surface area contributed by atoms with Crippen LogP contribution in [0.2, 0.25) is 0 Å². The summed E-state index contributed by atoms with van der Waals surface area (Å²) in [6, 6.07) is 9.91. The Hall–Kier alpha value is -2.82. The number of rotatable bonds is 2. The maximum atomic E-state index is 13.4. The largest absolute Gasteiger partial charge is 0.322 e. The van der Waals surface area contributed by atoms with Crippen molar-refractivity contribution in [3.63, 3.8) is 0 Å². The van der Waals surface area contributed by atoms with Crippen molar-refractivity contribution in [2.75, 3.05) is 5.32 Å². The molecule has 0 saturated heterocycles. The maximum absolute atomic E-state index is 13.4. The Balaban J connectivity index is 2.05. The highest BCUT2D eigenvalue weighted by atomic mass is 19.1. The lowest BCUT2D eigenvalue weighted by molar-refractivity contribution is 0.102. The minimum Gasteiger partial charge on any atom is -0.322 e. The van der Waals surface area contributed by atoms with E-state index in [1.54, 1.807) is 26.0 Å². The van der Waals surface area contributed by atoms with Crippen LogP contribution in [0.1, 0.15) is 21.6 Å². The first-order valence-electron chi connectivity index (χ1n) is 7.08. The van der Waals surface area contributed by atoms with E-state index >= 15 is 0 Å². The van der Waals surface area contributed by atoms with Gasteiger partial charge in [0.25, 0.3) is 5.91 Å². The number of carbonyl (C=O) groups excluding carboxylic acids is 1. The van der Waals surface area contributed by atoms with Crippen LogP contribution >= 0.6 is 0 Å². The summed E-state index contributed by atoms with van der Waals surface area (Å²) in [4.78, 5) is 16.8. The molecule has 1 N–H and O–H groups in total. The van der Waals surface area contributed by atoms with Crippen LogP contribution in [0.5, 0.6) is 0 Å². The fraction of sp³-hybridized carbons (Fsp3) is 0.111. The molecule has 23 heavy (non-hydrogen) atoms. The monoisotopic (exact) mass is 312 g/mol. The van der Waals surface area contributed by atoms with Gasteiger partial charge in [-0.05, 0) is 49.7 Å². The number of hydrogen-bond donors (Lipinski definition) is 1. The van der Waals surface area contributed by atoms with Crippen LogP contribution < -0.4 is 5.32 Å². The molecule has 3 nitrogen and oxygen atoms in total. The van der Waals surface area contributed by atoms with E-state index in [2.05, 4.69) is 10.3 Å². The van der Waals surface area contributed by atoms with Crippen molar-refractivity contribution in [1.82, 2.24) is 4.98 Å². The average molecular weight is 312 g/mol. The highest BCUT2D eigenvalue weighted by Gasteiger charge is 2.14. The van der Waals surface area contributed by atoms with Gasteiger partial charge in [0, 0.05) is 22.8 Å². The van der Waals surface area contributed by atoms with E-state index in [9.17, 15) is 13.6 Å². The molecule has 1 aromatic heterocycles. The van der Waals surface area contributed by atoms with Crippen LogP contribution in [0.25, 0.3) is 10.9 Å². The van der Waals surface area contributed by atoms with E-state index in [0.29, 0.717) is 27.8 Å². The maximum Gasteiger partial charge on any atom is 0.256 e. The lowest BCUT2D eigenvalue weighted by Crippen LogP contribution is -2.14. The van der Waals surface area contributed by atoms with E-state index < -0.39 is 11.6 Å². The number of benzene rings is 2. The molecule has 1 heterocycles. The number of halogens is 2. The number of aromatic nitrogens is 1. The molecule has 0 radical (unpaired) electrons. The highest BCUT2D eigenvalue weighted by molar-refractivity contribution is 6.12. The number of nitrogens with one attached hydrogen (secondary N) is 1. The van der Waals surface area contributed by atoms with Gasteiger partial charge in [0.2, 0.25) is 0 Å². The zero-order valence-corrected chi connectivity index (χ0v) is 12.7. The third kappa shape index (κ3) is 3.04. The van der Waals surface area contributed by atoms with Gasteiger partial charge in [-0.1, -0.05) is 6.07 Å². The third-order valence-corrected chi connectivity index (χ3v) is 3.59. The van der Waals surface area contributed by atoms with Crippen molar-refractivity contribution < 1.29 is 13.6 Å². The first kappa shape index (κ1) is 15.1. The molecule has 3 rings (SSSR count). The lowest BCUT2D eigenvalue weighted by atomic mass is 10.1. The summed E-state index contributed by atoms with van der Waals surface area (Å²) in [5, 5.41) is 3.25. The van der Waals surface area contributed by atoms with Crippen molar-refractivity contribution in [2.45, 2.75) is 13.8 Å². The Morgan fingerprint density at radius 3 is 2.48 bits per heavy atom. The van der Waals surface area contributed by atoms with E-state index in [0.717, 1.165) is 5.56 Å². The predicted octanol–water partition coefficient (Wildman–Crippen LogP) is 4.38. The summed E-state index contributed by atoms with van der Waals surface area (Å²) in [7, 11) is 0. The Labute approximate surface area is 132 Å². The highest BCUT2D eigenvalue weighted by Crippen LogP contribution is 2.22. The molecule has 0 saturated carbocycles. The molecule has 0 aliphatic carbocycles. The lowest BCUT2D eigenvalue weighted by Gasteiger charge is -2.11. The van der Waals surface area contributed by atoms with E-state index in [4.69, 9.17) is 0 Å². The number of fused-ring (bicyclic) bond motifs is 1. The molecular formula is C18H14F2N2O. The van der Waals surface area contributed by atoms with Crippen LogP contribution in [0.3, 0.4) is 0 Å². The fourth-order valence-corrected chi connectivity index (χ4v) is 2.44. The molecule has 5 heteroatoms. The molecule has 1 amide bonds. The van der Waals surface area contributed by atoms with E-state index in [1.807, 2.05) is 0 Å². The van der Waals surface area contributed by atoms with Gasteiger partial charge in [-0.3, -0.25) is 9.78 Å². The standard InChI is InChI=1S/C18H14F2N2O/c1-10-3-4-12(19)8-16(10)22-18(23)15-7-11(2)21-17-9-13(20)5-6-14(15)17/h3-9H,1-2H3,(H,22,23). The number of anilines is 1. The van der Waals surface area contributed by atoms with Gasteiger partial charge in [-0.15, -0.1) is 0 Å². The van der Waals surface area contributed by atoms with Gasteiger partial charge < -0.3 is 5.32 Å². The first-order chi connectivity index (χ1) is 10.9. The molecule has 3 aromatic rings. The van der Waals surface area contributed by atoms with Crippen LogP contribution in [-0.4, -0.2) is 10.9 Å². The summed E-state index contributed by atoms with van der Waals surface area (Å²) in [5.74, 6) is -1.23. The van der Waals surface area contributed by atoms with Gasteiger partial charge in [0.05, 0.1) is 11.1 Å². The second-order valence-corrected chi connectivity index (χ2v) is 5.39. The Kier molecular flexibility index (Phi) is 3.78. The summed E-state index contributed by atoms with van der Waals surface area (Å²) in [6.45, 7) is 3.51. The molecule has 0 aliphatic rings. The first-order valence-corrected chi connectivity index (χ1v) is 7.08. The summed E-state index contributed by atoms with van der Waals surface area (Å²) < 4.78 is 26.7. The Bertz CT molecular complexity index is 917. The predicted molar refractivity (Wildman–Crippen MR) is 85.5 cm³/mol. The number of nitrogens with zero attached hydrogens (tertiary/aromatic N) is 1. The van der Waals surface area contributed by atoms with Crippen molar-refractivity contribution in [2.24, 2.45) is 0 Å². The summed E-state index contributed by atoms with van der Waals surface area (Å²) >= 11 is 0. The zero-order valence-electron chi connectivity index (χ0n) is 12.7. The average Bonchev–Trinajstić information content (AvgIpc) is 2.49. The van der Waals surface area contributed by atoms with Crippen LogP contribution in [-0.2, 0) is 0 Å².